The summed E-state index contributed by atoms with van der Waals surface area (Å²) < 4.78 is 0. The van der Waals surface area contributed by atoms with Crippen molar-refractivity contribution in [1.82, 2.24) is 0 Å². The van der Waals surface area contributed by atoms with Gasteiger partial charge in [0.25, 0.3) is 0 Å². The molecule has 2 nitrogen and oxygen atoms in total. The van der Waals surface area contributed by atoms with Crippen molar-refractivity contribution in [3.05, 3.63) is 0 Å². The molecule has 0 spiro atoms. The molecule has 0 atom stereocenters. The van der Waals surface area contributed by atoms with Gasteiger partial charge in [0.15, 0.2) is 0 Å². The molecule has 0 radical (unpaired) electrons. The minimum atomic E-state index is -0.925. The van der Waals surface area contributed by atoms with Crippen molar-refractivity contribution in [3.8, 4) is 0 Å². The van der Waals surface area contributed by atoms with Crippen molar-refractivity contribution >= 4 is 5.97 Å². The molecule has 0 heterocycles. The molecule has 8 heteroatoms. The number of carboxylic acid groups (broad SMARTS) is 1. The van der Waals surface area contributed by atoms with Crippen molar-refractivity contribution in [2.24, 2.45) is 0 Å². The average Bonchev–Trinajstić information content (AvgIpc) is 1.80. The average molecular weight is 358 g/mol. The Bertz CT molecular complexity index is 97.4. The Morgan fingerprint density at radius 1 is 0.933 bits per heavy atom. The minimum absolute atomic E-state index is 0. The number of rotatable bonds is 5. The first-order valence-corrected chi connectivity index (χ1v) is 3.47. The van der Waals surface area contributed by atoms with Crippen LogP contribution in [0.2, 0.25) is 0 Å². The van der Waals surface area contributed by atoms with Gasteiger partial charge in [0.05, 0.1) is 0 Å². The van der Waals surface area contributed by atoms with Crippen LogP contribution in [0.1, 0.15) is 39.0 Å². The van der Waals surface area contributed by atoms with Gasteiger partial charge in [-0.1, -0.05) is 26.2 Å². The van der Waals surface area contributed by atoms with Gasteiger partial charge in [-0.25, -0.2) is 0 Å². The van der Waals surface area contributed by atoms with E-state index in [2.05, 4.69) is 6.92 Å². The molecule has 0 saturated carbocycles. The molecular formula is C7H13Cl5CrO2. The number of aliphatic carboxylic acids is 1. The monoisotopic (exact) mass is 356 g/mol. The van der Waals surface area contributed by atoms with E-state index in [1.807, 2.05) is 0 Å². The van der Waals surface area contributed by atoms with Crippen molar-refractivity contribution < 1.29 is 89.3 Å². The van der Waals surface area contributed by atoms with Gasteiger partial charge in [-0.2, -0.15) is 0 Å². The Morgan fingerprint density at radius 3 is 1.60 bits per heavy atom. The van der Waals surface area contributed by atoms with Crippen molar-refractivity contribution in [2.75, 3.05) is 0 Å². The quantitative estimate of drug-likeness (QED) is 0.458. The standard InChI is InChI=1S/C7H14O2.5ClH.Cr/c1-2-3-4-5-6-7(8)9;;;;;;/h2-6H2,1H3,(H,8,9);5*1H;/q;;;;;;+6/p-6. The molecule has 0 aromatic rings. The summed E-state index contributed by atoms with van der Waals surface area (Å²) in [5, 5.41) is 9.85. The van der Waals surface area contributed by atoms with Gasteiger partial charge in [-0.15, -0.1) is 0 Å². The summed E-state index contributed by atoms with van der Waals surface area (Å²) in [6.07, 6.45) is 4.29. The van der Waals surface area contributed by atoms with Gasteiger partial charge in [-0.05, 0) is 12.8 Å². The largest absolute Gasteiger partial charge is 6.00 e. The molecule has 0 aromatic carbocycles. The summed E-state index contributed by atoms with van der Waals surface area (Å²) in [6.45, 7) is 2.10. The van der Waals surface area contributed by atoms with Gasteiger partial charge in [0.1, 0.15) is 0 Å². The van der Waals surface area contributed by atoms with E-state index in [4.69, 9.17) is 0 Å². The van der Waals surface area contributed by atoms with Crippen molar-refractivity contribution in [1.29, 1.82) is 0 Å². The van der Waals surface area contributed by atoms with Crippen molar-refractivity contribution in [3.63, 3.8) is 0 Å². The SMILES string of the molecule is CCCCCCC(=O)[O-].[Cl-].[Cl-].[Cl-].[Cl-].[Cl-].[Cr+6]. The number of unbranched alkanes of at least 4 members (excludes halogenated alkanes) is 3. The number of hydrogen-bond acceptors (Lipinski definition) is 2. The Labute approximate surface area is 134 Å². The maximum Gasteiger partial charge on any atom is 6.00 e. The Kier molecular flexibility index (Phi) is 106. The fraction of sp³-hybridized carbons (Fsp3) is 0.857. The summed E-state index contributed by atoms with van der Waals surface area (Å²) in [5.74, 6) is -0.925. The second-order valence-corrected chi connectivity index (χ2v) is 2.18. The van der Waals surface area contributed by atoms with Crippen LogP contribution in [-0.2, 0) is 22.2 Å². The fourth-order valence-corrected chi connectivity index (χ4v) is 0.696. The van der Waals surface area contributed by atoms with Crippen LogP contribution in [0.3, 0.4) is 0 Å². The minimum Gasteiger partial charge on any atom is -1.00 e. The molecule has 0 aromatic heterocycles. The number of halogens is 5. The normalized spacial score (nSPS) is 5.67. The van der Waals surface area contributed by atoms with E-state index in [-0.39, 0.29) is 85.8 Å². The Hall–Kier alpha value is 1.45. The molecular weight excluding hydrogens is 345 g/mol. The predicted octanol–water partition coefficient (Wildman–Crippen LogP) is -14.3. The molecule has 0 saturated heterocycles. The van der Waals surface area contributed by atoms with Crippen LogP contribution in [0.5, 0.6) is 0 Å². The summed E-state index contributed by atoms with van der Waals surface area (Å²) >= 11 is 0. The molecule has 0 aliphatic carbocycles. The number of hydrogen-bond donors (Lipinski definition) is 0. The van der Waals surface area contributed by atoms with E-state index in [0.717, 1.165) is 25.7 Å². The maximum absolute atomic E-state index is 9.85. The molecule has 94 valence electrons. The third kappa shape index (κ3) is 50.4. The molecule has 0 aliphatic rings. The van der Waals surface area contributed by atoms with Gasteiger partial charge < -0.3 is 71.9 Å². The van der Waals surface area contributed by atoms with E-state index in [0.29, 0.717) is 0 Å². The topological polar surface area (TPSA) is 40.1 Å². The van der Waals surface area contributed by atoms with Crippen LogP contribution in [0, 0.1) is 0 Å². The fourth-order valence-electron chi connectivity index (χ4n) is 0.696. The van der Waals surface area contributed by atoms with Gasteiger partial charge in [0, 0.05) is 5.97 Å². The van der Waals surface area contributed by atoms with Crippen LogP contribution in [0.15, 0.2) is 0 Å². The summed E-state index contributed by atoms with van der Waals surface area (Å²) in [4.78, 5) is 9.85. The van der Waals surface area contributed by atoms with Crippen LogP contribution >= 0.6 is 0 Å². The first-order chi connectivity index (χ1) is 4.27. The van der Waals surface area contributed by atoms with Crippen molar-refractivity contribution in [2.45, 2.75) is 39.0 Å². The Morgan fingerprint density at radius 2 is 1.33 bits per heavy atom. The Balaban J connectivity index is -0.0000000213. The molecule has 15 heavy (non-hydrogen) atoms. The number of carbonyl (C=O) groups is 1. The third-order valence-corrected chi connectivity index (χ3v) is 1.23. The van der Waals surface area contributed by atoms with Crippen LogP contribution in [0.25, 0.3) is 0 Å². The summed E-state index contributed by atoms with van der Waals surface area (Å²) in [6, 6.07) is 0. The second kappa shape index (κ2) is 36.1. The van der Waals surface area contributed by atoms with Gasteiger partial charge in [-0.3, -0.25) is 0 Å². The van der Waals surface area contributed by atoms with Crippen LogP contribution < -0.4 is 67.1 Å². The molecule has 0 bridgehead atoms. The van der Waals surface area contributed by atoms with E-state index >= 15 is 0 Å². The first-order valence-electron chi connectivity index (χ1n) is 3.47. The first kappa shape index (κ1) is 44.0. The molecule has 0 aliphatic heterocycles. The molecule has 0 amide bonds. The second-order valence-electron chi connectivity index (χ2n) is 2.18. The maximum atomic E-state index is 9.85. The zero-order valence-corrected chi connectivity index (χ0v) is 13.2. The summed E-state index contributed by atoms with van der Waals surface area (Å²) in [7, 11) is 0. The van der Waals surface area contributed by atoms with Crippen LogP contribution in [0.4, 0.5) is 0 Å². The van der Waals surface area contributed by atoms with Crippen LogP contribution in [-0.4, -0.2) is 5.97 Å². The van der Waals surface area contributed by atoms with Gasteiger partial charge >= 0.3 is 17.4 Å². The summed E-state index contributed by atoms with van der Waals surface area (Å²) in [5.41, 5.74) is 0. The molecule has 0 unspecified atom stereocenters. The number of carbonyl (C=O) groups excluding carboxylic acids is 1. The zero-order chi connectivity index (χ0) is 7.11. The molecule has 0 N–H and O–H groups in total. The third-order valence-electron chi connectivity index (χ3n) is 1.23. The molecule has 0 rings (SSSR count). The zero-order valence-electron chi connectivity index (χ0n) is 8.15. The number of carboxylic acids is 1. The predicted molar refractivity (Wildman–Crippen MR) is 33.8 cm³/mol. The smallest absolute Gasteiger partial charge is 1.00 e. The van der Waals surface area contributed by atoms with E-state index in [9.17, 15) is 9.90 Å². The van der Waals surface area contributed by atoms with E-state index < -0.39 is 5.97 Å². The molecule has 0 fully saturated rings. The van der Waals surface area contributed by atoms with E-state index in [1.165, 1.54) is 0 Å². The van der Waals surface area contributed by atoms with Gasteiger partial charge in [0.2, 0.25) is 0 Å². The van der Waals surface area contributed by atoms with E-state index in [1.54, 1.807) is 0 Å².